The van der Waals surface area contributed by atoms with Crippen LogP contribution >= 0.6 is 23.7 Å². The largest absolute Gasteiger partial charge is 0.317 e. The molecule has 1 aliphatic heterocycles. The van der Waals surface area contributed by atoms with Gasteiger partial charge in [0.1, 0.15) is 0 Å². The molecule has 3 aliphatic rings. The number of anilines is 1. The molecule has 5 nitrogen and oxygen atoms in total. The summed E-state index contributed by atoms with van der Waals surface area (Å²) in [6, 6.07) is 0. The molecule has 24 heavy (non-hydrogen) atoms. The minimum Gasteiger partial charge on any atom is -0.317 e. The second kappa shape index (κ2) is 6.07. The van der Waals surface area contributed by atoms with E-state index in [0.717, 1.165) is 49.3 Å². The van der Waals surface area contributed by atoms with Gasteiger partial charge in [-0.25, -0.2) is 4.98 Å². The minimum atomic E-state index is -0.0327. The number of hydrogen-bond acceptors (Lipinski definition) is 5. The van der Waals surface area contributed by atoms with E-state index >= 15 is 0 Å². The molecule has 0 aromatic carbocycles. The van der Waals surface area contributed by atoms with Gasteiger partial charge in [-0.3, -0.25) is 9.59 Å². The summed E-state index contributed by atoms with van der Waals surface area (Å²) >= 11 is 1.35. The number of amides is 1. The quantitative estimate of drug-likeness (QED) is 0.840. The number of hydrogen-bond donors (Lipinski definition) is 2. The monoisotopic (exact) mass is 369 g/mol. The van der Waals surface area contributed by atoms with Crippen LogP contribution in [0.5, 0.6) is 0 Å². The van der Waals surface area contributed by atoms with Crippen molar-refractivity contribution >= 4 is 40.6 Å². The molecular formula is C17H24ClN3O2S. The molecule has 2 N–H and O–H groups in total. The van der Waals surface area contributed by atoms with E-state index in [4.69, 9.17) is 0 Å². The Kier molecular flexibility index (Phi) is 4.51. The maximum absolute atomic E-state index is 12.5. The molecule has 1 aromatic heterocycles. The summed E-state index contributed by atoms with van der Waals surface area (Å²) in [5.74, 6) is 0.373. The zero-order valence-corrected chi connectivity index (χ0v) is 15.7. The van der Waals surface area contributed by atoms with Gasteiger partial charge in [0.2, 0.25) is 5.91 Å². The molecule has 2 fully saturated rings. The molecule has 1 unspecified atom stereocenters. The highest BCUT2D eigenvalue weighted by Gasteiger charge is 2.57. The Hall–Kier alpha value is -0.980. The third kappa shape index (κ3) is 3.11. The molecular weight excluding hydrogens is 346 g/mol. The van der Waals surface area contributed by atoms with Crippen molar-refractivity contribution in [1.82, 2.24) is 10.3 Å². The summed E-state index contributed by atoms with van der Waals surface area (Å²) < 4.78 is 0. The molecule has 0 radical (unpaired) electrons. The number of nitrogens with zero attached hydrogens (tertiary/aromatic N) is 1. The SMILES string of the molecule is CC1(C)CC(=O)c2sc(NC(=O)C3CC34CCNCC4)nc2C1.Cl. The van der Waals surface area contributed by atoms with Crippen LogP contribution in [0.15, 0.2) is 0 Å². The molecule has 7 heteroatoms. The topological polar surface area (TPSA) is 71.1 Å². The molecule has 4 rings (SSSR count). The van der Waals surface area contributed by atoms with Gasteiger partial charge in [0, 0.05) is 12.3 Å². The van der Waals surface area contributed by atoms with Gasteiger partial charge in [0.15, 0.2) is 10.9 Å². The molecule has 132 valence electrons. The van der Waals surface area contributed by atoms with Gasteiger partial charge in [-0.05, 0) is 49.6 Å². The first-order chi connectivity index (χ1) is 10.9. The van der Waals surface area contributed by atoms with Crippen LogP contribution in [0.3, 0.4) is 0 Å². The summed E-state index contributed by atoms with van der Waals surface area (Å²) in [7, 11) is 0. The van der Waals surface area contributed by atoms with Crippen molar-refractivity contribution in [3.05, 3.63) is 10.6 Å². The van der Waals surface area contributed by atoms with E-state index in [2.05, 4.69) is 29.5 Å². The average Bonchev–Trinajstić information content (AvgIpc) is 3.00. The number of carbonyl (C=O) groups is 2. The van der Waals surface area contributed by atoms with E-state index in [1.54, 1.807) is 0 Å². The maximum atomic E-state index is 12.5. The van der Waals surface area contributed by atoms with E-state index in [9.17, 15) is 9.59 Å². The number of Topliss-reactive ketones (excluding diaryl/α,β-unsaturated/α-hetero) is 1. The highest BCUT2D eigenvalue weighted by atomic mass is 35.5. The predicted octanol–water partition coefficient (Wildman–Crippen LogP) is 3.05. The summed E-state index contributed by atoms with van der Waals surface area (Å²) in [4.78, 5) is 30.0. The highest BCUT2D eigenvalue weighted by Crippen LogP contribution is 2.58. The van der Waals surface area contributed by atoms with Crippen LogP contribution in [-0.4, -0.2) is 29.8 Å². The maximum Gasteiger partial charge on any atom is 0.229 e. The number of rotatable bonds is 2. The van der Waals surface area contributed by atoms with Gasteiger partial charge in [0.25, 0.3) is 0 Å². The van der Waals surface area contributed by atoms with E-state index in [0.29, 0.717) is 11.6 Å². The Labute approximate surface area is 152 Å². The van der Waals surface area contributed by atoms with Gasteiger partial charge < -0.3 is 10.6 Å². The van der Waals surface area contributed by atoms with Gasteiger partial charge in [-0.1, -0.05) is 25.2 Å². The molecule has 2 aliphatic carbocycles. The number of carbonyl (C=O) groups excluding carboxylic acids is 2. The van der Waals surface area contributed by atoms with Crippen molar-refractivity contribution in [3.8, 4) is 0 Å². The zero-order valence-electron chi connectivity index (χ0n) is 14.1. The van der Waals surface area contributed by atoms with Crippen molar-refractivity contribution < 1.29 is 9.59 Å². The molecule has 2 heterocycles. The number of thiazole rings is 1. The Morgan fingerprint density at radius 3 is 2.71 bits per heavy atom. The Morgan fingerprint density at radius 2 is 2.00 bits per heavy atom. The van der Waals surface area contributed by atoms with Gasteiger partial charge in [-0.15, -0.1) is 12.4 Å². The van der Waals surface area contributed by atoms with Crippen molar-refractivity contribution in [1.29, 1.82) is 0 Å². The third-order valence-electron chi connectivity index (χ3n) is 5.57. The highest BCUT2D eigenvalue weighted by molar-refractivity contribution is 7.17. The third-order valence-corrected chi connectivity index (χ3v) is 6.63. The van der Waals surface area contributed by atoms with Crippen molar-refractivity contribution in [3.63, 3.8) is 0 Å². The van der Waals surface area contributed by atoms with E-state index in [1.165, 1.54) is 11.3 Å². The van der Waals surface area contributed by atoms with Crippen LogP contribution in [-0.2, 0) is 11.2 Å². The molecule has 1 aromatic rings. The van der Waals surface area contributed by atoms with E-state index in [1.807, 2.05) is 0 Å². The standard InChI is InChI=1S/C17H23N3O2S.ClH/c1-16(2)8-11-13(12(21)9-16)23-15(19-11)20-14(22)10-7-17(10)3-5-18-6-4-17;/h10,18H,3-9H2,1-2H3,(H,19,20,22);1H. The van der Waals surface area contributed by atoms with Gasteiger partial charge in [-0.2, -0.15) is 0 Å². The number of piperidine rings is 1. The summed E-state index contributed by atoms with van der Waals surface area (Å²) in [5, 5.41) is 6.93. The number of ketones is 1. The first kappa shape index (κ1) is 17.8. The van der Waals surface area contributed by atoms with E-state index in [-0.39, 0.29) is 40.8 Å². The molecule has 1 amide bonds. The van der Waals surface area contributed by atoms with Gasteiger partial charge >= 0.3 is 0 Å². The Bertz CT molecular complexity index is 679. The summed E-state index contributed by atoms with van der Waals surface area (Å²) in [6.07, 6.45) is 4.55. The molecule has 0 bridgehead atoms. The van der Waals surface area contributed by atoms with Crippen molar-refractivity contribution in [2.24, 2.45) is 16.7 Å². The lowest BCUT2D eigenvalue weighted by atomic mass is 9.78. The smallest absolute Gasteiger partial charge is 0.229 e. The fourth-order valence-electron chi connectivity index (χ4n) is 4.16. The van der Waals surface area contributed by atoms with Gasteiger partial charge in [0.05, 0.1) is 10.6 Å². The lowest BCUT2D eigenvalue weighted by Crippen LogP contribution is -2.31. The van der Waals surface area contributed by atoms with Crippen LogP contribution in [0.4, 0.5) is 5.13 Å². The van der Waals surface area contributed by atoms with Crippen LogP contribution in [0.25, 0.3) is 0 Å². The number of nitrogens with one attached hydrogen (secondary N) is 2. The lowest BCUT2D eigenvalue weighted by Gasteiger charge is -2.26. The lowest BCUT2D eigenvalue weighted by molar-refractivity contribution is -0.118. The van der Waals surface area contributed by atoms with Crippen LogP contribution in [0, 0.1) is 16.7 Å². The molecule has 1 saturated carbocycles. The van der Waals surface area contributed by atoms with Crippen molar-refractivity contribution in [2.75, 3.05) is 18.4 Å². The van der Waals surface area contributed by atoms with Crippen molar-refractivity contribution in [2.45, 2.75) is 46.0 Å². The Balaban J connectivity index is 0.00000169. The van der Waals surface area contributed by atoms with Crippen LogP contribution in [0.2, 0.25) is 0 Å². The molecule has 1 atom stereocenters. The Morgan fingerprint density at radius 1 is 1.29 bits per heavy atom. The molecule has 1 spiro atoms. The molecule has 1 saturated heterocycles. The first-order valence-electron chi connectivity index (χ1n) is 8.43. The normalized spacial score (nSPS) is 26.4. The fraction of sp³-hybridized carbons (Fsp3) is 0.706. The van der Waals surface area contributed by atoms with Crippen LogP contribution < -0.4 is 10.6 Å². The second-order valence-corrected chi connectivity index (χ2v) is 9.09. The average molecular weight is 370 g/mol. The van der Waals surface area contributed by atoms with Crippen LogP contribution in [0.1, 0.15) is 54.9 Å². The van der Waals surface area contributed by atoms with E-state index < -0.39 is 0 Å². The predicted molar refractivity (Wildman–Crippen MR) is 97.1 cm³/mol. The fourth-order valence-corrected chi connectivity index (χ4v) is 5.08. The number of fused-ring (bicyclic) bond motifs is 1. The summed E-state index contributed by atoms with van der Waals surface area (Å²) in [6.45, 7) is 6.21. The second-order valence-electron chi connectivity index (χ2n) is 8.09. The minimum absolute atomic E-state index is 0. The number of aromatic nitrogens is 1. The first-order valence-corrected chi connectivity index (χ1v) is 9.25. The summed E-state index contributed by atoms with van der Waals surface area (Å²) in [5.41, 5.74) is 1.05. The zero-order chi connectivity index (χ0) is 16.2. The number of halogens is 1.